The van der Waals surface area contributed by atoms with Crippen molar-refractivity contribution in [3.8, 4) is 5.75 Å². The third kappa shape index (κ3) is 4.22. The van der Waals surface area contributed by atoms with E-state index in [1.54, 1.807) is 0 Å². The second kappa shape index (κ2) is 8.96. The van der Waals surface area contributed by atoms with Crippen LogP contribution < -0.4 is 4.74 Å². The van der Waals surface area contributed by atoms with Crippen LogP contribution in [0.1, 0.15) is 55.2 Å². The minimum Gasteiger partial charge on any atom is -0.491 e. The molecule has 0 saturated carbocycles. The van der Waals surface area contributed by atoms with Crippen LogP contribution in [0.25, 0.3) is 10.9 Å². The molecule has 4 heteroatoms. The van der Waals surface area contributed by atoms with Crippen LogP contribution >= 0.6 is 0 Å². The Morgan fingerprint density at radius 3 is 2.54 bits per heavy atom. The molecule has 0 aliphatic carbocycles. The number of carbonyl (C=O) groups excluding carboxylic acids is 1. The summed E-state index contributed by atoms with van der Waals surface area (Å²) >= 11 is 0. The lowest BCUT2D eigenvalue weighted by molar-refractivity contribution is 0.0527. The van der Waals surface area contributed by atoms with Crippen molar-refractivity contribution in [2.75, 3.05) is 6.61 Å². The number of rotatable bonds is 8. The number of esters is 1. The zero-order valence-electron chi connectivity index (χ0n) is 17.2. The van der Waals surface area contributed by atoms with Gasteiger partial charge in [0.05, 0.1) is 18.3 Å². The number of hydrogen-bond acceptors (Lipinski definition) is 3. The van der Waals surface area contributed by atoms with Crippen molar-refractivity contribution in [2.24, 2.45) is 0 Å². The summed E-state index contributed by atoms with van der Waals surface area (Å²) in [6, 6.07) is 16.3. The van der Waals surface area contributed by atoms with Crippen molar-refractivity contribution >= 4 is 16.9 Å². The van der Waals surface area contributed by atoms with Crippen LogP contribution in [0.15, 0.2) is 48.5 Å². The van der Waals surface area contributed by atoms with Crippen LogP contribution in [0.3, 0.4) is 0 Å². The highest BCUT2D eigenvalue weighted by molar-refractivity contribution is 6.06. The van der Waals surface area contributed by atoms with E-state index in [1.165, 1.54) is 5.56 Å². The van der Waals surface area contributed by atoms with Gasteiger partial charge in [-0.3, -0.25) is 0 Å². The molecule has 0 bridgehead atoms. The van der Waals surface area contributed by atoms with Gasteiger partial charge in [-0.1, -0.05) is 43.7 Å². The molecule has 4 nitrogen and oxygen atoms in total. The van der Waals surface area contributed by atoms with E-state index in [9.17, 15) is 4.79 Å². The molecule has 0 saturated heterocycles. The Balaban J connectivity index is 2.08. The van der Waals surface area contributed by atoms with Crippen LogP contribution in [-0.2, 0) is 11.3 Å². The van der Waals surface area contributed by atoms with Crippen LogP contribution in [0, 0.1) is 6.92 Å². The Bertz CT molecular complexity index is 943. The zero-order valence-corrected chi connectivity index (χ0v) is 17.2. The minimum absolute atomic E-state index is 0.140. The van der Waals surface area contributed by atoms with Crippen molar-refractivity contribution < 1.29 is 14.3 Å². The second-order valence-electron chi connectivity index (χ2n) is 7.15. The minimum atomic E-state index is -0.282. The fraction of sp³-hybridized carbons (Fsp3) is 0.375. The van der Waals surface area contributed by atoms with Gasteiger partial charge in [0, 0.05) is 23.1 Å². The topological polar surface area (TPSA) is 40.5 Å². The molecule has 1 unspecified atom stereocenters. The molecule has 0 amide bonds. The van der Waals surface area contributed by atoms with Crippen molar-refractivity contribution in [1.82, 2.24) is 4.57 Å². The predicted molar refractivity (Wildman–Crippen MR) is 113 cm³/mol. The SMILES string of the molecule is CCCC(C)Oc1ccc2c(c1)c(C(=O)OCC)c(C)n2Cc1ccccc1. The smallest absolute Gasteiger partial charge is 0.340 e. The highest BCUT2D eigenvalue weighted by Gasteiger charge is 2.22. The van der Waals surface area contributed by atoms with Gasteiger partial charge in [0.1, 0.15) is 5.75 Å². The molecule has 1 atom stereocenters. The lowest BCUT2D eigenvalue weighted by Gasteiger charge is -2.14. The third-order valence-corrected chi connectivity index (χ3v) is 4.99. The maximum atomic E-state index is 12.7. The van der Waals surface area contributed by atoms with E-state index in [1.807, 2.05) is 50.2 Å². The third-order valence-electron chi connectivity index (χ3n) is 4.99. The first-order valence-electron chi connectivity index (χ1n) is 10.1. The van der Waals surface area contributed by atoms with Gasteiger partial charge in [0.15, 0.2) is 0 Å². The largest absolute Gasteiger partial charge is 0.491 e. The average Bonchev–Trinajstić information content (AvgIpc) is 2.94. The van der Waals surface area contributed by atoms with E-state index in [-0.39, 0.29) is 12.1 Å². The van der Waals surface area contributed by atoms with Gasteiger partial charge in [-0.15, -0.1) is 0 Å². The molecule has 3 rings (SSSR count). The summed E-state index contributed by atoms with van der Waals surface area (Å²) in [6.07, 6.45) is 2.21. The van der Waals surface area contributed by atoms with E-state index < -0.39 is 0 Å². The van der Waals surface area contributed by atoms with E-state index in [0.717, 1.165) is 35.2 Å². The lowest BCUT2D eigenvalue weighted by Crippen LogP contribution is -2.11. The molecule has 28 heavy (non-hydrogen) atoms. The number of benzene rings is 2. The van der Waals surface area contributed by atoms with Crippen molar-refractivity contribution in [1.29, 1.82) is 0 Å². The fourth-order valence-corrected chi connectivity index (χ4v) is 3.66. The molecule has 0 fully saturated rings. The molecule has 1 aromatic heterocycles. The fourth-order valence-electron chi connectivity index (χ4n) is 3.66. The van der Waals surface area contributed by atoms with E-state index in [4.69, 9.17) is 9.47 Å². The Kier molecular flexibility index (Phi) is 6.40. The van der Waals surface area contributed by atoms with Gasteiger partial charge in [-0.05, 0) is 51.0 Å². The summed E-state index contributed by atoms with van der Waals surface area (Å²) in [4.78, 5) is 12.7. The number of carbonyl (C=O) groups is 1. The molecule has 0 aliphatic rings. The monoisotopic (exact) mass is 379 g/mol. The zero-order chi connectivity index (χ0) is 20.1. The van der Waals surface area contributed by atoms with Crippen molar-refractivity contribution in [3.05, 3.63) is 65.4 Å². The van der Waals surface area contributed by atoms with Gasteiger partial charge in [0.2, 0.25) is 0 Å². The Labute approximate surface area is 167 Å². The predicted octanol–water partition coefficient (Wildman–Crippen LogP) is 5.74. The summed E-state index contributed by atoms with van der Waals surface area (Å²) in [5, 5.41) is 0.882. The summed E-state index contributed by atoms with van der Waals surface area (Å²) in [7, 11) is 0. The van der Waals surface area contributed by atoms with Crippen LogP contribution in [0.4, 0.5) is 0 Å². The number of fused-ring (bicyclic) bond motifs is 1. The van der Waals surface area contributed by atoms with Crippen molar-refractivity contribution in [2.45, 2.75) is 53.2 Å². The number of hydrogen-bond donors (Lipinski definition) is 0. The van der Waals surface area contributed by atoms with Crippen LogP contribution in [-0.4, -0.2) is 23.2 Å². The molecule has 0 aliphatic heterocycles. The standard InChI is InChI=1S/C24H29NO3/c1-5-10-17(3)28-20-13-14-22-21(15-20)23(24(26)27-6-2)18(4)25(22)16-19-11-8-7-9-12-19/h7-9,11-15,17H,5-6,10,16H2,1-4H3. The molecule has 1 heterocycles. The number of nitrogens with zero attached hydrogens (tertiary/aromatic N) is 1. The van der Waals surface area contributed by atoms with Gasteiger partial charge < -0.3 is 14.0 Å². The van der Waals surface area contributed by atoms with Gasteiger partial charge >= 0.3 is 5.97 Å². The molecule has 0 N–H and O–H groups in total. The Hall–Kier alpha value is -2.75. The molecule has 2 aromatic carbocycles. The van der Waals surface area contributed by atoms with Gasteiger partial charge in [-0.25, -0.2) is 4.79 Å². The molecule has 0 radical (unpaired) electrons. The summed E-state index contributed by atoms with van der Waals surface area (Å²) in [5.41, 5.74) is 3.74. The molecule has 3 aromatic rings. The van der Waals surface area contributed by atoms with E-state index in [2.05, 4.69) is 30.5 Å². The van der Waals surface area contributed by atoms with Gasteiger partial charge in [-0.2, -0.15) is 0 Å². The molecular formula is C24H29NO3. The Morgan fingerprint density at radius 2 is 1.86 bits per heavy atom. The molecular weight excluding hydrogens is 350 g/mol. The summed E-state index contributed by atoms with van der Waals surface area (Å²) < 4.78 is 13.6. The van der Waals surface area contributed by atoms with E-state index in [0.29, 0.717) is 18.7 Å². The van der Waals surface area contributed by atoms with Gasteiger partial charge in [0.25, 0.3) is 0 Å². The molecule has 0 spiro atoms. The second-order valence-corrected chi connectivity index (χ2v) is 7.15. The normalized spacial score (nSPS) is 12.1. The Morgan fingerprint density at radius 1 is 1.11 bits per heavy atom. The summed E-state index contributed by atoms with van der Waals surface area (Å²) in [5.74, 6) is 0.506. The first-order chi connectivity index (χ1) is 13.5. The highest BCUT2D eigenvalue weighted by atomic mass is 16.5. The maximum absolute atomic E-state index is 12.7. The van der Waals surface area contributed by atoms with E-state index >= 15 is 0 Å². The quantitative estimate of drug-likeness (QED) is 0.468. The summed E-state index contributed by atoms with van der Waals surface area (Å²) in [6.45, 7) is 9.09. The van der Waals surface area contributed by atoms with Crippen LogP contribution in [0.2, 0.25) is 0 Å². The molecule has 148 valence electrons. The first-order valence-corrected chi connectivity index (χ1v) is 10.1. The highest BCUT2D eigenvalue weighted by Crippen LogP contribution is 2.31. The van der Waals surface area contributed by atoms with Crippen LogP contribution in [0.5, 0.6) is 5.75 Å². The average molecular weight is 380 g/mol. The number of ether oxygens (including phenoxy) is 2. The number of aromatic nitrogens is 1. The maximum Gasteiger partial charge on any atom is 0.340 e. The first kappa shape index (κ1) is 20.0. The van der Waals surface area contributed by atoms with Crippen molar-refractivity contribution in [3.63, 3.8) is 0 Å². The lowest BCUT2D eigenvalue weighted by atomic mass is 10.1.